The Balaban J connectivity index is 1.69. The van der Waals surface area contributed by atoms with Gasteiger partial charge in [-0.25, -0.2) is 4.79 Å². The van der Waals surface area contributed by atoms with Gasteiger partial charge in [0.1, 0.15) is 6.61 Å². The van der Waals surface area contributed by atoms with E-state index in [9.17, 15) is 14.7 Å². The summed E-state index contributed by atoms with van der Waals surface area (Å²) in [5, 5.41) is 11.6. The maximum atomic E-state index is 12.0. The first-order valence-electron chi connectivity index (χ1n) is 8.10. The number of nitrogens with one attached hydrogen (secondary N) is 1. The van der Waals surface area contributed by atoms with E-state index in [0.29, 0.717) is 0 Å². The van der Waals surface area contributed by atoms with Crippen molar-refractivity contribution in [2.24, 2.45) is 5.73 Å². The molecule has 0 aromatic heterocycles. The summed E-state index contributed by atoms with van der Waals surface area (Å²) in [5.74, 6) is -0.639. The van der Waals surface area contributed by atoms with Gasteiger partial charge < -0.3 is 20.9 Å². The smallest absolute Gasteiger partial charge is 0.407 e. The molecule has 1 aliphatic rings. The minimum Gasteiger partial charge on any atom is -0.449 e. The predicted octanol–water partition coefficient (Wildman–Crippen LogP) is 1.76. The minimum absolute atomic E-state index is 0.0399. The standard InChI is InChI=1S/C19H20N2O4/c20-18(23)9-12(10-22)21-19(24)25-11-17-15-7-3-1-5-13(15)14-6-2-4-8-16(14)17/h1-8,12,17,22H,9-11H2,(H2,20,23)(H,21,24). The van der Waals surface area contributed by atoms with Gasteiger partial charge in [-0.1, -0.05) is 48.5 Å². The zero-order valence-electron chi connectivity index (χ0n) is 13.6. The van der Waals surface area contributed by atoms with Crippen molar-refractivity contribution in [2.75, 3.05) is 13.2 Å². The fourth-order valence-electron chi connectivity index (χ4n) is 3.21. The van der Waals surface area contributed by atoms with Crippen LogP contribution in [-0.4, -0.2) is 36.4 Å². The molecule has 6 nitrogen and oxygen atoms in total. The third kappa shape index (κ3) is 3.64. The predicted molar refractivity (Wildman–Crippen MR) is 92.9 cm³/mol. The number of fused-ring (bicyclic) bond motifs is 3. The van der Waals surface area contributed by atoms with Gasteiger partial charge in [0.2, 0.25) is 5.91 Å². The van der Waals surface area contributed by atoms with Gasteiger partial charge in [-0.2, -0.15) is 0 Å². The molecule has 0 radical (unpaired) electrons. The van der Waals surface area contributed by atoms with Crippen molar-refractivity contribution >= 4 is 12.0 Å². The van der Waals surface area contributed by atoms with Crippen molar-refractivity contribution in [1.82, 2.24) is 5.32 Å². The molecule has 0 heterocycles. The molecule has 6 heteroatoms. The summed E-state index contributed by atoms with van der Waals surface area (Å²) in [6.07, 6.45) is -0.817. The van der Waals surface area contributed by atoms with E-state index in [-0.39, 0.29) is 25.6 Å². The molecule has 0 aliphatic heterocycles. The second-order valence-electron chi connectivity index (χ2n) is 6.02. The lowest BCUT2D eigenvalue weighted by atomic mass is 9.98. The molecular formula is C19H20N2O4. The number of aliphatic hydroxyl groups is 1. The van der Waals surface area contributed by atoms with E-state index in [1.54, 1.807) is 0 Å². The molecule has 3 rings (SSSR count). The van der Waals surface area contributed by atoms with Gasteiger partial charge >= 0.3 is 6.09 Å². The van der Waals surface area contributed by atoms with Gasteiger partial charge in [-0.05, 0) is 22.3 Å². The molecule has 0 spiro atoms. The number of rotatable bonds is 6. The van der Waals surface area contributed by atoms with Gasteiger partial charge in [0.15, 0.2) is 0 Å². The second kappa shape index (κ2) is 7.36. The topological polar surface area (TPSA) is 102 Å². The van der Waals surface area contributed by atoms with Gasteiger partial charge in [-0.15, -0.1) is 0 Å². The lowest BCUT2D eigenvalue weighted by Crippen LogP contribution is -2.41. The van der Waals surface area contributed by atoms with Crippen LogP contribution in [0.5, 0.6) is 0 Å². The number of carbonyl (C=O) groups excluding carboxylic acids is 2. The fraction of sp³-hybridized carbons (Fsp3) is 0.263. The lowest BCUT2D eigenvalue weighted by molar-refractivity contribution is -0.118. The first-order valence-corrected chi connectivity index (χ1v) is 8.10. The minimum atomic E-state index is -0.742. The van der Waals surface area contributed by atoms with E-state index in [1.165, 1.54) is 0 Å². The van der Waals surface area contributed by atoms with Gasteiger partial charge in [0.05, 0.1) is 12.6 Å². The van der Waals surface area contributed by atoms with Gasteiger partial charge in [0.25, 0.3) is 0 Å². The molecule has 2 aromatic rings. The second-order valence-corrected chi connectivity index (χ2v) is 6.02. The molecule has 0 bridgehead atoms. The molecule has 1 unspecified atom stereocenters. The molecule has 2 aromatic carbocycles. The largest absolute Gasteiger partial charge is 0.449 e. The zero-order chi connectivity index (χ0) is 17.8. The number of hydrogen-bond acceptors (Lipinski definition) is 4. The average Bonchev–Trinajstić information content (AvgIpc) is 2.93. The Morgan fingerprint density at radius 2 is 1.64 bits per heavy atom. The first kappa shape index (κ1) is 17.0. The van der Waals surface area contributed by atoms with E-state index in [2.05, 4.69) is 17.4 Å². The van der Waals surface area contributed by atoms with Crippen LogP contribution in [0.3, 0.4) is 0 Å². The summed E-state index contributed by atoms with van der Waals surface area (Å²) in [7, 11) is 0. The molecule has 0 saturated carbocycles. The summed E-state index contributed by atoms with van der Waals surface area (Å²) in [6.45, 7) is -0.207. The Labute approximate surface area is 145 Å². The summed E-state index contributed by atoms with van der Waals surface area (Å²) >= 11 is 0. The monoisotopic (exact) mass is 340 g/mol. The van der Waals surface area contributed by atoms with Crippen molar-refractivity contribution in [3.63, 3.8) is 0 Å². The van der Waals surface area contributed by atoms with E-state index in [1.807, 2.05) is 36.4 Å². The van der Waals surface area contributed by atoms with Crippen LogP contribution in [0.2, 0.25) is 0 Å². The zero-order valence-corrected chi connectivity index (χ0v) is 13.6. The number of aliphatic hydroxyl groups excluding tert-OH is 1. The molecule has 130 valence electrons. The number of nitrogens with two attached hydrogens (primary N) is 1. The highest BCUT2D eigenvalue weighted by atomic mass is 16.5. The molecule has 2 amide bonds. The number of hydrogen-bond donors (Lipinski definition) is 3. The fourth-order valence-corrected chi connectivity index (χ4v) is 3.21. The van der Waals surface area contributed by atoms with Crippen LogP contribution < -0.4 is 11.1 Å². The number of amides is 2. The summed E-state index contributed by atoms with van der Waals surface area (Å²) in [6, 6.07) is 15.3. The molecule has 0 fully saturated rings. The Morgan fingerprint density at radius 3 is 2.16 bits per heavy atom. The van der Waals surface area contributed by atoms with Crippen LogP contribution in [0.25, 0.3) is 11.1 Å². The third-order valence-corrected chi connectivity index (χ3v) is 4.33. The molecule has 25 heavy (non-hydrogen) atoms. The molecule has 0 saturated heterocycles. The highest BCUT2D eigenvalue weighted by molar-refractivity contribution is 5.79. The van der Waals surface area contributed by atoms with Crippen LogP contribution in [0.4, 0.5) is 4.79 Å². The van der Waals surface area contributed by atoms with E-state index < -0.39 is 18.0 Å². The summed E-state index contributed by atoms with van der Waals surface area (Å²) < 4.78 is 5.34. The van der Waals surface area contributed by atoms with Crippen LogP contribution in [0.15, 0.2) is 48.5 Å². The maximum absolute atomic E-state index is 12.0. The van der Waals surface area contributed by atoms with Crippen LogP contribution >= 0.6 is 0 Å². The average molecular weight is 340 g/mol. The summed E-state index contributed by atoms with van der Waals surface area (Å²) in [4.78, 5) is 22.9. The van der Waals surface area contributed by atoms with Gasteiger partial charge in [-0.3, -0.25) is 4.79 Å². The first-order chi connectivity index (χ1) is 12.1. The summed E-state index contributed by atoms with van der Waals surface area (Å²) in [5.41, 5.74) is 9.61. The van der Waals surface area contributed by atoms with Crippen molar-refractivity contribution in [3.05, 3.63) is 59.7 Å². The van der Waals surface area contributed by atoms with Crippen LogP contribution in [0.1, 0.15) is 23.5 Å². The lowest BCUT2D eigenvalue weighted by Gasteiger charge is -2.17. The third-order valence-electron chi connectivity index (χ3n) is 4.33. The number of ether oxygens (including phenoxy) is 1. The van der Waals surface area contributed by atoms with Crippen molar-refractivity contribution in [1.29, 1.82) is 0 Å². The number of alkyl carbamates (subject to hydrolysis) is 1. The van der Waals surface area contributed by atoms with E-state index >= 15 is 0 Å². The van der Waals surface area contributed by atoms with Crippen molar-refractivity contribution < 1.29 is 19.4 Å². The maximum Gasteiger partial charge on any atom is 0.407 e. The van der Waals surface area contributed by atoms with E-state index in [4.69, 9.17) is 10.5 Å². The number of benzene rings is 2. The van der Waals surface area contributed by atoms with Crippen molar-refractivity contribution in [3.8, 4) is 11.1 Å². The van der Waals surface area contributed by atoms with Crippen molar-refractivity contribution in [2.45, 2.75) is 18.4 Å². The highest BCUT2D eigenvalue weighted by Gasteiger charge is 2.29. The number of carbonyl (C=O) groups is 2. The quantitative estimate of drug-likeness (QED) is 0.746. The molecular weight excluding hydrogens is 320 g/mol. The van der Waals surface area contributed by atoms with Crippen LogP contribution in [0, 0.1) is 0 Å². The highest BCUT2D eigenvalue weighted by Crippen LogP contribution is 2.44. The normalized spacial score (nSPS) is 13.6. The number of primary amides is 1. The SMILES string of the molecule is NC(=O)CC(CO)NC(=O)OCC1c2ccccc2-c2ccccc21. The Morgan fingerprint density at radius 1 is 1.08 bits per heavy atom. The Bertz CT molecular complexity index is 745. The van der Waals surface area contributed by atoms with E-state index in [0.717, 1.165) is 22.3 Å². The Hall–Kier alpha value is -2.86. The molecule has 1 aliphatic carbocycles. The molecule has 4 N–H and O–H groups in total. The molecule has 1 atom stereocenters. The Kier molecular flexibility index (Phi) is 5.00. The van der Waals surface area contributed by atoms with Crippen LogP contribution in [-0.2, 0) is 9.53 Å². The van der Waals surface area contributed by atoms with Gasteiger partial charge in [0, 0.05) is 12.3 Å².